The maximum Gasteiger partial charge on any atom is 0.317 e. The van der Waals surface area contributed by atoms with E-state index in [1.807, 2.05) is 0 Å². The second-order valence-electron chi connectivity index (χ2n) is 6.69. The first-order chi connectivity index (χ1) is 11.4. The number of aliphatic carboxylic acids is 1. The number of likely N-dealkylation sites (N-methyl/N-ethyl adjacent to an activating group) is 1. The molecule has 6 nitrogen and oxygen atoms in total. The molecule has 3 rings (SSSR count). The molecule has 1 aromatic carbocycles. The molecule has 2 fully saturated rings. The molecule has 24 heavy (non-hydrogen) atoms. The molecule has 1 aliphatic heterocycles. The summed E-state index contributed by atoms with van der Waals surface area (Å²) in [5, 5.41) is 19.0. The van der Waals surface area contributed by atoms with Gasteiger partial charge >= 0.3 is 5.97 Å². The zero-order valence-corrected chi connectivity index (χ0v) is 13.4. The average Bonchev–Trinajstić information content (AvgIpc) is 3.22. The van der Waals surface area contributed by atoms with Crippen molar-refractivity contribution >= 4 is 11.9 Å². The van der Waals surface area contributed by atoms with Gasteiger partial charge < -0.3 is 15.1 Å². The van der Waals surface area contributed by atoms with Crippen LogP contribution in [0.25, 0.3) is 0 Å². The van der Waals surface area contributed by atoms with Crippen molar-refractivity contribution in [1.82, 2.24) is 9.80 Å². The number of hydrogen-bond acceptors (Lipinski definition) is 4. The largest absolute Gasteiger partial charge is 0.480 e. The summed E-state index contributed by atoms with van der Waals surface area (Å²) in [6.45, 7) is 0.377. The van der Waals surface area contributed by atoms with Crippen molar-refractivity contribution in [3.63, 3.8) is 0 Å². The molecule has 1 aromatic rings. The predicted octanol–water partition coefficient (Wildman–Crippen LogP) is 0.517. The van der Waals surface area contributed by atoms with Crippen LogP contribution in [0.2, 0.25) is 0 Å². The van der Waals surface area contributed by atoms with Gasteiger partial charge in [0, 0.05) is 19.0 Å². The van der Waals surface area contributed by atoms with Gasteiger partial charge in [0.1, 0.15) is 5.82 Å². The highest BCUT2D eigenvalue weighted by Gasteiger charge is 2.48. The summed E-state index contributed by atoms with van der Waals surface area (Å²) >= 11 is 0. The zero-order valence-electron chi connectivity index (χ0n) is 13.4. The molecule has 4 atom stereocenters. The summed E-state index contributed by atoms with van der Waals surface area (Å²) in [4.78, 5) is 26.6. The van der Waals surface area contributed by atoms with Gasteiger partial charge in [0.15, 0.2) is 0 Å². The lowest BCUT2D eigenvalue weighted by atomic mass is 10.1. The Hall–Kier alpha value is -1.99. The van der Waals surface area contributed by atoms with Gasteiger partial charge in [-0.05, 0) is 37.1 Å². The molecule has 1 heterocycles. The Bertz CT molecular complexity index is 636. The van der Waals surface area contributed by atoms with E-state index in [-0.39, 0.29) is 42.7 Å². The number of β-amino-alcohol motifs (C(OH)–C–C–N with tert-alkyl or cyclic N) is 1. The Kier molecular flexibility index (Phi) is 4.56. The third-order valence-corrected chi connectivity index (χ3v) is 4.93. The number of carbonyl (C=O) groups excluding carboxylic acids is 1. The molecule has 0 bridgehead atoms. The molecule has 2 aliphatic rings. The quantitative estimate of drug-likeness (QED) is 0.819. The van der Waals surface area contributed by atoms with E-state index in [0.717, 1.165) is 12.0 Å². The van der Waals surface area contributed by atoms with Crippen LogP contribution in [0.15, 0.2) is 24.3 Å². The molecule has 1 saturated heterocycles. The molecule has 0 aromatic heterocycles. The highest BCUT2D eigenvalue weighted by Crippen LogP contribution is 2.48. The second kappa shape index (κ2) is 6.49. The number of carboxylic acids is 1. The minimum Gasteiger partial charge on any atom is -0.480 e. The number of hydrogen-bond donors (Lipinski definition) is 2. The third-order valence-electron chi connectivity index (χ3n) is 4.93. The SMILES string of the molecule is CN(CC(=O)O)[C@@H]1CN(C(=O)[C@@H]2C[C@@H]2c2ccc(F)cc2)C[C@H]1O. The molecule has 1 amide bonds. The number of benzene rings is 1. The number of halogens is 1. The van der Waals surface area contributed by atoms with Crippen LogP contribution in [-0.2, 0) is 9.59 Å². The number of aliphatic hydroxyl groups excluding tert-OH is 1. The summed E-state index contributed by atoms with van der Waals surface area (Å²) in [5.74, 6) is -1.31. The topological polar surface area (TPSA) is 81.1 Å². The van der Waals surface area contributed by atoms with Crippen LogP contribution >= 0.6 is 0 Å². The van der Waals surface area contributed by atoms with Gasteiger partial charge in [0.05, 0.1) is 18.7 Å². The highest BCUT2D eigenvalue weighted by atomic mass is 19.1. The number of nitrogens with zero attached hydrogens (tertiary/aromatic N) is 2. The number of likely N-dealkylation sites (tertiary alicyclic amines) is 1. The fourth-order valence-electron chi connectivity index (χ4n) is 3.49. The summed E-state index contributed by atoms with van der Waals surface area (Å²) in [6.07, 6.45) is -0.0199. The Morgan fingerprint density at radius 1 is 1.29 bits per heavy atom. The average molecular weight is 336 g/mol. The molecular formula is C17H21FN2O4. The molecule has 7 heteroatoms. The molecule has 0 unspecified atom stereocenters. The van der Waals surface area contributed by atoms with Gasteiger partial charge in [-0.15, -0.1) is 0 Å². The fraction of sp³-hybridized carbons (Fsp3) is 0.529. The summed E-state index contributed by atoms with van der Waals surface area (Å²) in [7, 11) is 1.63. The predicted molar refractivity (Wildman–Crippen MR) is 83.9 cm³/mol. The maximum atomic E-state index is 13.0. The first-order valence-electron chi connectivity index (χ1n) is 8.01. The van der Waals surface area contributed by atoms with E-state index >= 15 is 0 Å². The third kappa shape index (κ3) is 3.42. The van der Waals surface area contributed by atoms with E-state index in [9.17, 15) is 19.1 Å². The molecule has 130 valence electrons. The number of carboxylic acid groups (broad SMARTS) is 1. The summed E-state index contributed by atoms with van der Waals surface area (Å²) < 4.78 is 13.0. The van der Waals surface area contributed by atoms with E-state index in [1.54, 1.807) is 29.0 Å². The van der Waals surface area contributed by atoms with Gasteiger partial charge in [-0.25, -0.2) is 4.39 Å². The maximum absolute atomic E-state index is 13.0. The van der Waals surface area contributed by atoms with Crippen LogP contribution in [0.5, 0.6) is 0 Å². The van der Waals surface area contributed by atoms with Gasteiger partial charge in [0.2, 0.25) is 5.91 Å². The van der Waals surface area contributed by atoms with Crippen molar-refractivity contribution in [2.24, 2.45) is 5.92 Å². The molecule has 0 spiro atoms. The zero-order chi connectivity index (χ0) is 17.4. The summed E-state index contributed by atoms with van der Waals surface area (Å²) in [6, 6.07) is 5.83. The van der Waals surface area contributed by atoms with Gasteiger partial charge in [0.25, 0.3) is 0 Å². The van der Waals surface area contributed by atoms with E-state index in [1.165, 1.54) is 12.1 Å². The normalized spacial score (nSPS) is 29.1. The van der Waals surface area contributed by atoms with Gasteiger partial charge in [-0.3, -0.25) is 14.5 Å². The van der Waals surface area contributed by atoms with Gasteiger partial charge in [-0.1, -0.05) is 12.1 Å². The van der Waals surface area contributed by atoms with Crippen LogP contribution in [0.1, 0.15) is 17.9 Å². The molecule has 1 aliphatic carbocycles. The highest BCUT2D eigenvalue weighted by molar-refractivity contribution is 5.83. The van der Waals surface area contributed by atoms with Gasteiger partial charge in [-0.2, -0.15) is 0 Å². The van der Waals surface area contributed by atoms with E-state index < -0.39 is 12.1 Å². The number of rotatable bonds is 5. The van der Waals surface area contributed by atoms with Crippen molar-refractivity contribution in [1.29, 1.82) is 0 Å². The second-order valence-corrected chi connectivity index (χ2v) is 6.69. The summed E-state index contributed by atoms with van der Waals surface area (Å²) in [5.41, 5.74) is 0.953. The Morgan fingerprint density at radius 2 is 1.96 bits per heavy atom. The Morgan fingerprint density at radius 3 is 2.58 bits per heavy atom. The molecule has 0 radical (unpaired) electrons. The lowest BCUT2D eigenvalue weighted by Crippen LogP contribution is -2.43. The van der Waals surface area contributed by atoms with Crippen LogP contribution < -0.4 is 0 Å². The number of carbonyl (C=O) groups is 2. The number of aliphatic hydroxyl groups is 1. The van der Waals surface area contributed by atoms with E-state index in [2.05, 4.69) is 0 Å². The van der Waals surface area contributed by atoms with Crippen LogP contribution in [0.3, 0.4) is 0 Å². The standard InChI is InChI=1S/C17H21FN2O4/c1-19(9-16(22)23)14-7-20(8-15(14)21)17(24)13-6-12(13)10-2-4-11(18)5-3-10/h2-5,12-15,21H,6-9H2,1H3,(H,22,23)/t12-,13-,14-,15-/m1/s1. The van der Waals surface area contributed by atoms with Crippen LogP contribution in [0.4, 0.5) is 4.39 Å². The number of amides is 1. The minimum atomic E-state index is -0.965. The minimum absolute atomic E-state index is 0.0189. The molecule has 1 saturated carbocycles. The Balaban J connectivity index is 1.59. The van der Waals surface area contributed by atoms with Crippen molar-refractivity contribution in [3.05, 3.63) is 35.6 Å². The van der Waals surface area contributed by atoms with E-state index in [0.29, 0.717) is 6.54 Å². The Labute approximate surface area is 139 Å². The monoisotopic (exact) mass is 336 g/mol. The lowest BCUT2D eigenvalue weighted by molar-refractivity contribution is -0.138. The van der Waals surface area contributed by atoms with Crippen LogP contribution in [-0.4, -0.2) is 70.7 Å². The van der Waals surface area contributed by atoms with Crippen LogP contribution in [0, 0.1) is 11.7 Å². The smallest absolute Gasteiger partial charge is 0.317 e. The lowest BCUT2D eigenvalue weighted by Gasteiger charge is -2.24. The first-order valence-corrected chi connectivity index (χ1v) is 8.01. The fourth-order valence-corrected chi connectivity index (χ4v) is 3.49. The van der Waals surface area contributed by atoms with Crippen molar-refractivity contribution in [3.8, 4) is 0 Å². The molecular weight excluding hydrogens is 315 g/mol. The van der Waals surface area contributed by atoms with Crippen molar-refractivity contribution in [2.45, 2.75) is 24.5 Å². The van der Waals surface area contributed by atoms with Crippen molar-refractivity contribution in [2.75, 3.05) is 26.7 Å². The van der Waals surface area contributed by atoms with Crippen molar-refractivity contribution < 1.29 is 24.2 Å². The van der Waals surface area contributed by atoms with E-state index in [4.69, 9.17) is 5.11 Å². The first kappa shape index (κ1) is 16.9. The molecule has 2 N–H and O–H groups in total.